The van der Waals surface area contributed by atoms with E-state index < -0.39 is 0 Å². The molecule has 0 atom stereocenters. The largest absolute Gasteiger partial charge is 0.350 e. The minimum atomic E-state index is -0.258. The third-order valence-corrected chi connectivity index (χ3v) is 4.29. The van der Waals surface area contributed by atoms with Crippen LogP contribution in [0.3, 0.4) is 0 Å². The first kappa shape index (κ1) is 16.6. The van der Waals surface area contributed by atoms with E-state index in [0.717, 1.165) is 21.4 Å². The van der Waals surface area contributed by atoms with Crippen LogP contribution in [0.25, 0.3) is 5.65 Å². The number of benzene rings is 1. The highest BCUT2D eigenvalue weighted by Crippen LogP contribution is 2.17. The predicted molar refractivity (Wildman–Crippen MR) is 94.7 cm³/mol. The number of carbonyl (C=O) groups excluding carboxylic acids is 1. The van der Waals surface area contributed by atoms with Crippen LogP contribution in [0.4, 0.5) is 4.39 Å². The molecule has 0 fully saturated rings. The van der Waals surface area contributed by atoms with Gasteiger partial charge < -0.3 is 5.32 Å². The Kier molecular flexibility index (Phi) is 4.94. The molecular weight excluding hydrogens is 373 g/mol. The van der Waals surface area contributed by atoms with Crippen molar-refractivity contribution in [2.45, 2.75) is 19.8 Å². The molecule has 4 nitrogen and oxygen atoms in total. The SMILES string of the molecule is CCc1nc2ccc(Br)cn2c1C(=O)NCCc1ccc(F)cc1. The number of halogens is 2. The van der Waals surface area contributed by atoms with Crippen LogP contribution in [0.1, 0.15) is 28.7 Å². The van der Waals surface area contributed by atoms with Crippen LogP contribution >= 0.6 is 15.9 Å². The fourth-order valence-corrected chi connectivity index (χ4v) is 2.95. The van der Waals surface area contributed by atoms with Gasteiger partial charge in [0.05, 0.1) is 5.69 Å². The second-order valence-electron chi connectivity index (χ2n) is 5.47. The summed E-state index contributed by atoms with van der Waals surface area (Å²) in [4.78, 5) is 17.1. The third kappa shape index (κ3) is 3.48. The molecule has 0 radical (unpaired) electrons. The Hall–Kier alpha value is -2.21. The summed E-state index contributed by atoms with van der Waals surface area (Å²) < 4.78 is 15.6. The lowest BCUT2D eigenvalue weighted by Gasteiger charge is -2.07. The minimum Gasteiger partial charge on any atom is -0.350 e. The van der Waals surface area contributed by atoms with Crippen molar-refractivity contribution in [3.8, 4) is 0 Å². The van der Waals surface area contributed by atoms with E-state index in [9.17, 15) is 9.18 Å². The molecule has 0 spiro atoms. The molecule has 124 valence electrons. The molecule has 1 aromatic carbocycles. The molecule has 0 saturated carbocycles. The number of aromatic nitrogens is 2. The van der Waals surface area contributed by atoms with Crippen molar-refractivity contribution < 1.29 is 9.18 Å². The van der Waals surface area contributed by atoms with E-state index in [1.54, 1.807) is 16.5 Å². The monoisotopic (exact) mass is 389 g/mol. The van der Waals surface area contributed by atoms with Gasteiger partial charge in [0.2, 0.25) is 0 Å². The second-order valence-corrected chi connectivity index (χ2v) is 6.38. The van der Waals surface area contributed by atoms with E-state index in [-0.39, 0.29) is 11.7 Å². The number of fused-ring (bicyclic) bond motifs is 1. The van der Waals surface area contributed by atoms with E-state index in [1.807, 2.05) is 25.3 Å². The molecule has 6 heteroatoms. The van der Waals surface area contributed by atoms with Gasteiger partial charge in [0.15, 0.2) is 0 Å². The predicted octanol–water partition coefficient (Wildman–Crippen LogP) is 3.77. The summed E-state index contributed by atoms with van der Waals surface area (Å²) in [5.41, 5.74) is 3.06. The molecule has 0 bridgehead atoms. The third-order valence-electron chi connectivity index (χ3n) is 3.82. The lowest BCUT2D eigenvalue weighted by atomic mass is 10.1. The van der Waals surface area contributed by atoms with Gasteiger partial charge in [0, 0.05) is 17.2 Å². The van der Waals surface area contributed by atoms with Crippen LogP contribution in [-0.2, 0) is 12.8 Å². The minimum absolute atomic E-state index is 0.153. The summed E-state index contributed by atoms with van der Waals surface area (Å²) in [6, 6.07) is 10.1. The first-order valence-electron chi connectivity index (χ1n) is 7.77. The fourth-order valence-electron chi connectivity index (χ4n) is 2.61. The van der Waals surface area contributed by atoms with E-state index in [2.05, 4.69) is 26.2 Å². The van der Waals surface area contributed by atoms with E-state index >= 15 is 0 Å². The van der Waals surface area contributed by atoms with Crippen LogP contribution in [0.2, 0.25) is 0 Å². The van der Waals surface area contributed by atoms with Gasteiger partial charge in [0.25, 0.3) is 5.91 Å². The van der Waals surface area contributed by atoms with Gasteiger partial charge >= 0.3 is 0 Å². The van der Waals surface area contributed by atoms with Crippen molar-refractivity contribution in [3.63, 3.8) is 0 Å². The topological polar surface area (TPSA) is 46.4 Å². The molecule has 2 aromatic heterocycles. The van der Waals surface area contributed by atoms with Gasteiger partial charge in [-0.2, -0.15) is 0 Å². The highest BCUT2D eigenvalue weighted by atomic mass is 79.9. The number of pyridine rings is 1. The van der Waals surface area contributed by atoms with Crippen molar-refractivity contribution in [2.75, 3.05) is 6.54 Å². The Morgan fingerprint density at radius 3 is 2.71 bits per heavy atom. The number of rotatable bonds is 5. The van der Waals surface area contributed by atoms with Crippen LogP contribution in [0.5, 0.6) is 0 Å². The molecular formula is C18H17BrFN3O. The van der Waals surface area contributed by atoms with Crippen LogP contribution in [0.15, 0.2) is 47.1 Å². The van der Waals surface area contributed by atoms with Gasteiger partial charge in [-0.25, -0.2) is 9.37 Å². The fraction of sp³-hybridized carbons (Fsp3) is 0.222. The number of nitrogens with zero attached hydrogens (tertiary/aromatic N) is 2. The molecule has 0 aliphatic carbocycles. The molecule has 3 rings (SSSR count). The normalized spacial score (nSPS) is 11.0. The zero-order valence-electron chi connectivity index (χ0n) is 13.2. The summed E-state index contributed by atoms with van der Waals surface area (Å²) in [5, 5.41) is 2.93. The Morgan fingerprint density at radius 1 is 1.25 bits per heavy atom. The first-order chi connectivity index (χ1) is 11.6. The molecule has 2 heterocycles. The Bertz CT molecular complexity index is 874. The zero-order valence-corrected chi connectivity index (χ0v) is 14.8. The summed E-state index contributed by atoms with van der Waals surface area (Å²) >= 11 is 3.42. The number of hydrogen-bond donors (Lipinski definition) is 1. The van der Waals surface area contributed by atoms with Crippen LogP contribution in [-0.4, -0.2) is 21.8 Å². The summed E-state index contributed by atoms with van der Waals surface area (Å²) in [5.74, 6) is -0.411. The first-order valence-corrected chi connectivity index (χ1v) is 8.57. The van der Waals surface area contributed by atoms with Crippen molar-refractivity contribution in [2.24, 2.45) is 0 Å². The number of carbonyl (C=O) groups is 1. The Labute approximate surface area is 147 Å². The average Bonchev–Trinajstić information content (AvgIpc) is 2.94. The molecule has 1 N–H and O–H groups in total. The lowest BCUT2D eigenvalue weighted by Crippen LogP contribution is -2.27. The van der Waals surface area contributed by atoms with Gasteiger partial charge in [0.1, 0.15) is 17.2 Å². The highest BCUT2D eigenvalue weighted by molar-refractivity contribution is 9.10. The lowest BCUT2D eigenvalue weighted by molar-refractivity contribution is 0.0947. The number of nitrogens with one attached hydrogen (secondary N) is 1. The quantitative estimate of drug-likeness (QED) is 0.721. The van der Waals surface area contributed by atoms with Crippen LogP contribution in [0, 0.1) is 5.82 Å². The van der Waals surface area contributed by atoms with E-state index in [1.165, 1.54) is 12.1 Å². The van der Waals surface area contributed by atoms with Crippen LogP contribution < -0.4 is 5.32 Å². The molecule has 0 unspecified atom stereocenters. The van der Waals surface area contributed by atoms with Crippen molar-refractivity contribution in [3.05, 3.63) is 69.8 Å². The average molecular weight is 390 g/mol. The van der Waals surface area contributed by atoms with Crippen molar-refractivity contribution >= 4 is 27.5 Å². The number of amides is 1. The second kappa shape index (κ2) is 7.13. The highest BCUT2D eigenvalue weighted by Gasteiger charge is 2.17. The van der Waals surface area contributed by atoms with E-state index in [4.69, 9.17) is 0 Å². The molecule has 0 aliphatic heterocycles. The van der Waals surface area contributed by atoms with Gasteiger partial charge in [-0.15, -0.1) is 0 Å². The molecule has 0 saturated heterocycles. The zero-order chi connectivity index (χ0) is 17.1. The number of imidazole rings is 1. The summed E-state index contributed by atoms with van der Waals surface area (Å²) in [6.07, 6.45) is 3.17. The Morgan fingerprint density at radius 2 is 2.00 bits per heavy atom. The van der Waals surface area contributed by atoms with Crippen molar-refractivity contribution in [1.82, 2.24) is 14.7 Å². The van der Waals surface area contributed by atoms with Crippen molar-refractivity contribution in [1.29, 1.82) is 0 Å². The van der Waals surface area contributed by atoms with E-state index in [0.29, 0.717) is 25.1 Å². The summed E-state index contributed by atoms with van der Waals surface area (Å²) in [6.45, 7) is 2.46. The number of aryl methyl sites for hydroxylation is 1. The maximum atomic E-state index is 12.9. The summed E-state index contributed by atoms with van der Waals surface area (Å²) in [7, 11) is 0. The molecule has 0 aliphatic rings. The molecule has 24 heavy (non-hydrogen) atoms. The Balaban J connectivity index is 1.75. The maximum Gasteiger partial charge on any atom is 0.270 e. The standard InChI is InChI=1S/C18H17BrFN3O/c1-2-15-17(23-11-13(19)5-8-16(23)22-15)18(24)21-10-9-12-3-6-14(20)7-4-12/h3-8,11H,2,9-10H2,1H3,(H,21,24). The smallest absolute Gasteiger partial charge is 0.270 e. The maximum absolute atomic E-state index is 12.9. The molecule has 1 amide bonds. The number of hydrogen-bond acceptors (Lipinski definition) is 2. The van der Waals surface area contributed by atoms with Gasteiger partial charge in [-0.1, -0.05) is 19.1 Å². The molecule has 3 aromatic rings. The van der Waals surface area contributed by atoms with Gasteiger partial charge in [-0.3, -0.25) is 9.20 Å². The van der Waals surface area contributed by atoms with Gasteiger partial charge in [-0.05, 0) is 58.6 Å².